The Morgan fingerprint density at radius 2 is 2.00 bits per heavy atom. The smallest absolute Gasteiger partial charge is 0.227 e. The number of nitrogens with one attached hydrogen (secondary N) is 1. The van der Waals surface area contributed by atoms with Crippen LogP contribution in [-0.2, 0) is 15.3 Å². The van der Waals surface area contributed by atoms with Crippen molar-refractivity contribution in [1.29, 1.82) is 0 Å². The highest BCUT2D eigenvalue weighted by molar-refractivity contribution is 8.63. The molecule has 0 bridgehead atoms. The van der Waals surface area contributed by atoms with Crippen molar-refractivity contribution in [2.24, 2.45) is 0 Å². The monoisotopic (exact) mass is 321 g/mol. The van der Waals surface area contributed by atoms with E-state index >= 15 is 0 Å². The highest BCUT2D eigenvalue weighted by Gasteiger charge is 2.42. The Balaban J connectivity index is 0.00000180. The molecule has 1 aliphatic rings. The van der Waals surface area contributed by atoms with Crippen LogP contribution in [0.1, 0.15) is 30.9 Å². The van der Waals surface area contributed by atoms with E-state index in [0.717, 1.165) is 36.9 Å². The van der Waals surface area contributed by atoms with Crippen molar-refractivity contribution in [2.75, 3.05) is 6.54 Å². The highest BCUT2D eigenvalue weighted by Crippen LogP contribution is 2.40. The molecule has 3 nitrogen and oxygen atoms in total. The molecule has 1 aromatic rings. The van der Waals surface area contributed by atoms with Crippen molar-refractivity contribution in [3.63, 3.8) is 0 Å². The first-order chi connectivity index (χ1) is 8.36. The molecule has 108 valence electrons. The summed E-state index contributed by atoms with van der Waals surface area (Å²) in [5, 5.41) is 3.46. The van der Waals surface area contributed by atoms with Gasteiger partial charge in [0.25, 0.3) is 0 Å². The van der Waals surface area contributed by atoms with E-state index in [-0.39, 0.29) is 17.9 Å². The van der Waals surface area contributed by atoms with Crippen LogP contribution in [0.2, 0.25) is 0 Å². The largest absolute Gasteiger partial charge is 0.311 e. The molecular weight excluding hydrogens is 302 g/mol. The molecule has 0 heterocycles. The average Bonchev–Trinajstić information content (AvgIpc) is 2.96. The van der Waals surface area contributed by atoms with Crippen LogP contribution in [0.25, 0.3) is 0 Å². The zero-order chi connectivity index (χ0) is 13.4. The van der Waals surface area contributed by atoms with Crippen molar-refractivity contribution < 1.29 is 8.42 Å². The summed E-state index contributed by atoms with van der Waals surface area (Å²) in [7, 11) is -3.44. The number of aryl methyl sites for hydroxylation is 1. The maximum Gasteiger partial charge on any atom is 0.227 e. The third-order valence-corrected chi connectivity index (χ3v) is 4.97. The van der Waals surface area contributed by atoms with Gasteiger partial charge in [-0.05, 0) is 56.0 Å². The van der Waals surface area contributed by atoms with E-state index in [1.54, 1.807) is 6.07 Å². The summed E-state index contributed by atoms with van der Waals surface area (Å²) in [6.07, 6.45) is 2.99. The molecule has 0 atom stereocenters. The van der Waals surface area contributed by atoms with Crippen molar-refractivity contribution >= 4 is 32.9 Å². The lowest BCUT2D eigenvalue weighted by Crippen LogP contribution is -2.33. The van der Waals surface area contributed by atoms with Gasteiger partial charge in [-0.2, -0.15) is 0 Å². The highest BCUT2D eigenvalue weighted by atomic mass is 35.5. The Kier molecular flexibility index (Phi) is 5.35. The Labute approximate surface area is 126 Å². The van der Waals surface area contributed by atoms with E-state index < -0.39 is 8.87 Å². The van der Waals surface area contributed by atoms with Crippen LogP contribution < -0.4 is 5.32 Å². The predicted molar refractivity (Wildman–Crippen MR) is 83.9 cm³/mol. The van der Waals surface area contributed by atoms with Gasteiger partial charge in [0.2, 0.25) is 8.87 Å². The molecular formula is C13H20ClNO2S2. The zero-order valence-electron chi connectivity index (χ0n) is 11.1. The lowest BCUT2D eigenvalue weighted by Gasteiger charge is -2.18. The van der Waals surface area contributed by atoms with Crippen LogP contribution >= 0.6 is 24.1 Å². The first-order valence-corrected chi connectivity index (χ1v) is 8.72. The zero-order valence-corrected chi connectivity index (χ0v) is 13.7. The molecule has 6 heteroatoms. The Bertz CT molecular complexity index is 554. The number of rotatable bonds is 5. The number of hydrogen-bond donors (Lipinski definition) is 2. The molecule has 1 fully saturated rings. The van der Waals surface area contributed by atoms with E-state index in [2.05, 4.69) is 23.9 Å². The summed E-state index contributed by atoms with van der Waals surface area (Å²) >= 11 is 3.72. The summed E-state index contributed by atoms with van der Waals surface area (Å²) < 4.78 is 23.3. The quantitative estimate of drug-likeness (QED) is 0.647. The minimum Gasteiger partial charge on any atom is -0.311 e. The molecule has 0 amide bonds. The van der Waals surface area contributed by atoms with Crippen LogP contribution in [0.3, 0.4) is 0 Å². The van der Waals surface area contributed by atoms with Crippen LogP contribution in [0, 0.1) is 6.92 Å². The molecule has 1 aliphatic carbocycles. The fourth-order valence-electron chi connectivity index (χ4n) is 2.40. The van der Waals surface area contributed by atoms with Gasteiger partial charge in [-0.15, -0.1) is 12.4 Å². The maximum atomic E-state index is 11.7. The van der Waals surface area contributed by atoms with E-state index in [1.165, 1.54) is 0 Å². The van der Waals surface area contributed by atoms with Crippen LogP contribution in [-0.4, -0.2) is 20.5 Å². The van der Waals surface area contributed by atoms with Crippen molar-refractivity contribution in [3.05, 3.63) is 29.3 Å². The van der Waals surface area contributed by atoms with Gasteiger partial charge in [0.1, 0.15) is 0 Å². The van der Waals surface area contributed by atoms with E-state index in [9.17, 15) is 8.42 Å². The average molecular weight is 322 g/mol. The lowest BCUT2D eigenvalue weighted by molar-refractivity contribution is 0.507. The number of likely N-dealkylation sites (N-methyl/N-ethyl adjacent to an activating group) is 1. The van der Waals surface area contributed by atoms with Crippen molar-refractivity contribution in [3.8, 4) is 0 Å². The van der Waals surface area contributed by atoms with Crippen LogP contribution in [0.5, 0.6) is 0 Å². The van der Waals surface area contributed by atoms with Crippen LogP contribution in [0.4, 0.5) is 0 Å². The van der Waals surface area contributed by atoms with Gasteiger partial charge in [0, 0.05) is 5.54 Å². The minimum atomic E-state index is -3.44. The topological polar surface area (TPSA) is 46.2 Å². The first kappa shape index (κ1) is 16.8. The second-order valence-corrected chi connectivity index (χ2v) is 7.91. The van der Waals surface area contributed by atoms with Gasteiger partial charge < -0.3 is 5.32 Å². The molecule has 0 aromatic heterocycles. The number of benzene rings is 1. The molecule has 0 spiro atoms. The molecule has 1 aromatic carbocycles. The molecule has 2 rings (SSSR count). The van der Waals surface area contributed by atoms with Gasteiger partial charge >= 0.3 is 0 Å². The fourth-order valence-corrected chi connectivity index (χ4v) is 3.64. The fraction of sp³-hybridized carbons (Fsp3) is 0.538. The third kappa shape index (κ3) is 4.12. The summed E-state index contributed by atoms with van der Waals surface area (Å²) in [5.74, 6) is 0. The van der Waals surface area contributed by atoms with Crippen molar-refractivity contribution in [1.82, 2.24) is 5.32 Å². The van der Waals surface area contributed by atoms with Gasteiger partial charge in [0.15, 0.2) is 0 Å². The summed E-state index contributed by atoms with van der Waals surface area (Å²) in [6, 6.07) is 5.44. The lowest BCUT2D eigenvalue weighted by atomic mass is 10.0. The van der Waals surface area contributed by atoms with Gasteiger partial charge in [-0.1, -0.05) is 24.6 Å². The van der Waals surface area contributed by atoms with E-state index in [4.69, 9.17) is 0 Å². The van der Waals surface area contributed by atoms with Gasteiger partial charge in [-0.3, -0.25) is 0 Å². The molecule has 0 saturated heterocycles. The standard InChI is InChI=1S/C13H19NO2S2.ClH/c1-3-14-13(6-7-13)9-11-8-10(2)4-5-12(11)18(15,16)17;/h4-5,8,14H,3,6-7,9H2,1-2H3,(H,15,16,17);1H. The molecule has 0 unspecified atom stereocenters. The minimum absolute atomic E-state index is 0. The number of thiol groups is 1. The summed E-state index contributed by atoms with van der Waals surface area (Å²) in [6.45, 7) is 4.96. The normalized spacial score (nSPS) is 16.8. The SMILES string of the molecule is CCNC1(Cc2cc(C)ccc2S(=O)(=O)S)CC1.Cl. The summed E-state index contributed by atoms with van der Waals surface area (Å²) in [5.41, 5.74) is 2.07. The van der Waals surface area contributed by atoms with Gasteiger partial charge in [-0.25, -0.2) is 8.42 Å². The molecule has 1 N–H and O–H groups in total. The number of halogens is 1. The Morgan fingerprint density at radius 1 is 1.37 bits per heavy atom. The molecule has 19 heavy (non-hydrogen) atoms. The number of hydrogen-bond acceptors (Lipinski definition) is 3. The second kappa shape index (κ2) is 6.04. The van der Waals surface area contributed by atoms with E-state index in [1.807, 2.05) is 19.1 Å². The van der Waals surface area contributed by atoms with Gasteiger partial charge in [0.05, 0.1) is 4.90 Å². The third-order valence-electron chi connectivity index (χ3n) is 3.43. The van der Waals surface area contributed by atoms with Crippen molar-refractivity contribution in [2.45, 2.75) is 43.5 Å². The maximum absolute atomic E-state index is 11.7. The first-order valence-electron chi connectivity index (χ1n) is 6.18. The second-order valence-electron chi connectivity index (χ2n) is 5.07. The Morgan fingerprint density at radius 3 is 2.47 bits per heavy atom. The predicted octanol–water partition coefficient (Wildman–Crippen LogP) is 2.72. The molecule has 0 radical (unpaired) electrons. The molecule has 0 aliphatic heterocycles. The van der Waals surface area contributed by atoms with Crippen LogP contribution in [0.15, 0.2) is 23.1 Å². The van der Waals surface area contributed by atoms with E-state index in [0.29, 0.717) is 4.90 Å². The summed E-state index contributed by atoms with van der Waals surface area (Å²) in [4.78, 5) is 0.348. The molecule has 1 saturated carbocycles. The Hall–Kier alpha value is -0.230.